The lowest BCUT2D eigenvalue weighted by Gasteiger charge is -2.15. The second-order valence-corrected chi connectivity index (χ2v) is 9.27. The molecule has 36 heavy (non-hydrogen) atoms. The highest BCUT2D eigenvalue weighted by Gasteiger charge is 2.59. The topological polar surface area (TPSA) is 107 Å². The predicted molar refractivity (Wildman–Crippen MR) is 132 cm³/mol. The molecule has 3 amide bonds. The van der Waals surface area contributed by atoms with Crippen molar-refractivity contribution in [1.29, 1.82) is 0 Å². The maximum Gasteiger partial charge on any atom is 0.262 e. The molecule has 2 aliphatic carbocycles. The monoisotopic (exact) mass is 509 g/mol. The molecule has 3 aliphatic rings. The molecule has 1 N–H and O–H groups in total. The van der Waals surface area contributed by atoms with Crippen molar-refractivity contribution in [3.05, 3.63) is 59.1 Å². The first-order valence-electron chi connectivity index (χ1n) is 11.4. The summed E-state index contributed by atoms with van der Waals surface area (Å²) in [5.74, 6) is -0.475. The summed E-state index contributed by atoms with van der Waals surface area (Å²) >= 11 is 5.87. The maximum atomic E-state index is 12.8. The van der Waals surface area contributed by atoms with Gasteiger partial charge < -0.3 is 19.5 Å². The van der Waals surface area contributed by atoms with E-state index in [1.165, 1.54) is 20.4 Å². The lowest BCUT2D eigenvalue weighted by molar-refractivity contribution is -0.140. The number of benzene rings is 2. The van der Waals surface area contributed by atoms with Gasteiger partial charge in [-0.05, 0) is 54.7 Å². The molecule has 5 rings (SSSR count). The van der Waals surface area contributed by atoms with Crippen LogP contribution in [0, 0.1) is 23.7 Å². The van der Waals surface area contributed by atoms with Gasteiger partial charge in [-0.15, -0.1) is 0 Å². The average Bonchev–Trinajstić information content (AvgIpc) is 3.56. The second-order valence-electron chi connectivity index (χ2n) is 8.83. The van der Waals surface area contributed by atoms with Crippen LogP contribution in [0.5, 0.6) is 17.2 Å². The van der Waals surface area contributed by atoms with Crippen molar-refractivity contribution < 1.29 is 28.6 Å². The van der Waals surface area contributed by atoms with Crippen molar-refractivity contribution in [3.63, 3.8) is 0 Å². The predicted octanol–water partition coefficient (Wildman–Crippen LogP) is 3.52. The lowest BCUT2D eigenvalue weighted by atomic mass is 9.85. The van der Waals surface area contributed by atoms with Gasteiger partial charge in [-0.3, -0.25) is 14.4 Å². The number of amides is 3. The van der Waals surface area contributed by atoms with Gasteiger partial charge in [-0.1, -0.05) is 23.8 Å². The summed E-state index contributed by atoms with van der Waals surface area (Å²) in [6.45, 7) is -0.293. The van der Waals surface area contributed by atoms with Crippen molar-refractivity contribution in [2.45, 2.75) is 6.42 Å². The van der Waals surface area contributed by atoms with Crippen molar-refractivity contribution >= 4 is 41.2 Å². The van der Waals surface area contributed by atoms with Crippen LogP contribution >= 0.6 is 11.6 Å². The Morgan fingerprint density at radius 3 is 2.19 bits per heavy atom. The molecule has 0 aromatic heterocycles. The van der Waals surface area contributed by atoms with Crippen LogP contribution in [0.3, 0.4) is 0 Å². The molecule has 4 atom stereocenters. The molecular weight excluding hydrogens is 486 g/mol. The fraction of sp³-hybridized carbons (Fsp3) is 0.308. The highest BCUT2D eigenvalue weighted by Crippen LogP contribution is 2.52. The Kier molecular flexibility index (Phi) is 6.40. The molecule has 0 unspecified atom stereocenters. The number of carbonyl (C=O) groups excluding carboxylic acids is 3. The van der Waals surface area contributed by atoms with Crippen molar-refractivity contribution in [2.75, 3.05) is 26.1 Å². The number of hydrazone groups is 1. The van der Waals surface area contributed by atoms with Crippen LogP contribution in [0.15, 0.2) is 53.7 Å². The first kappa shape index (κ1) is 23.9. The number of hydrogen-bond acceptors (Lipinski definition) is 7. The molecule has 0 spiro atoms. The first-order chi connectivity index (χ1) is 17.4. The minimum Gasteiger partial charge on any atom is -0.493 e. The third-order valence-electron chi connectivity index (χ3n) is 6.73. The van der Waals surface area contributed by atoms with Gasteiger partial charge in [0.2, 0.25) is 5.75 Å². The van der Waals surface area contributed by atoms with Crippen LogP contribution in [0.25, 0.3) is 0 Å². The van der Waals surface area contributed by atoms with E-state index in [0.29, 0.717) is 27.8 Å². The van der Waals surface area contributed by atoms with Crippen LogP contribution in [0.2, 0.25) is 5.02 Å². The van der Waals surface area contributed by atoms with E-state index < -0.39 is 0 Å². The quantitative estimate of drug-likeness (QED) is 0.331. The zero-order valence-corrected chi connectivity index (χ0v) is 20.4. The summed E-state index contributed by atoms with van der Waals surface area (Å²) in [7, 11) is 2.90. The van der Waals surface area contributed by atoms with Gasteiger partial charge >= 0.3 is 0 Å². The van der Waals surface area contributed by atoms with E-state index in [-0.39, 0.29) is 53.7 Å². The molecule has 2 aromatic rings. The van der Waals surface area contributed by atoms with Crippen LogP contribution < -0.4 is 19.5 Å². The number of imide groups is 1. The Morgan fingerprint density at radius 2 is 1.64 bits per heavy atom. The smallest absolute Gasteiger partial charge is 0.262 e. The molecule has 2 fully saturated rings. The summed E-state index contributed by atoms with van der Waals surface area (Å²) in [4.78, 5) is 38.0. The number of anilines is 1. The summed E-state index contributed by atoms with van der Waals surface area (Å²) < 4.78 is 16.6. The maximum absolute atomic E-state index is 12.8. The first-order valence-corrected chi connectivity index (χ1v) is 11.8. The molecule has 1 saturated heterocycles. The Morgan fingerprint density at radius 1 is 1.06 bits per heavy atom. The average molecular weight is 510 g/mol. The van der Waals surface area contributed by atoms with Gasteiger partial charge in [0, 0.05) is 16.3 Å². The van der Waals surface area contributed by atoms with Gasteiger partial charge in [-0.25, -0.2) is 0 Å². The normalized spacial score (nSPS) is 23.9. The number of carbonyl (C=O) groups is 3. The van der Waals surface area contributed by atoms with E-state index in [9.17, 15) is 14.4 Å². The van der Waals surface area contributed by atoms with Crippen LogP contribution in [0.4, 0.5) is 5.69 Å². The lowest BCUT2D eigenvalue weighted by Crippen LogP contribution is -2.28. The van der Waals surface area contributed by atoms with Crippen molar-refractivity contribution in [1.82, 2.24) is 5.01 Å². The van der Waals surface area contributed by atoms with Crippen molar-refractivity contribution in [3.8, 4) is 17.2 Å². The number of halogens is 1. The Bertz CT molecular complexity index is 1220. The highest BCUT2D eigenvalue weighted by molar-refractivity contribution is 6.30. The summed E-state index contributed by atoms with van der Waals surface area (Å²) in [5, 5.41) is 8.45. The zero-order valence-electron chi connectivity index (χ0n) is 19.6. The van der Waals surface area contributed by atoms with E-state index in [0.717, 1.165) is 11.4 Å². The molecule has 10 heteroatoms. The standard InChI is InChI=1S/C26H24ClN3O6/c1-34-19-9-14(12-28-30-25(32)22-15-3-4-16(11-15)23(22)26(30)33)10-20(35-2)24(19)36-13-21(31)29-18-7-5-17(27)6-8-18/h3-10,12,15-16,22-23H,11,13H2,1-2H3,(H,29,31)/t15-,16-,22-,23+/m0/s1. The number of ether oxygens (including phenoxy) is 3. The number of rotatable bonds is 8. The number of fused-ring (bicyclic) bond motifs is 5. The van der Waals surface area contributed by atoms with E-state index in [2.05, 4.69) is 10.4 Å². The fourth-order valence-electron chi connectivity index (χ4n) is 5.11. The molecule has 1 aliphatic heterocycles. The van der Waals surface area contributed by atoms with Gasteiger partial charge in [0.25, 0.3) is 17.7 Å². The SMILES string of the molecule is COc1cc(C=NN2C(=O)[C@@H]3[C@H](C2=O)[C@H]2C=C[C@H]3C2)cc(OC)c1OCC(=O)Nc1ccc(Cl)cc1. The Labute approximate surface area is 212 Å². The number of allylic oxidation sites excluding steroid dienone is 2. The molecule has 1 heterocycles. The Hall–Kier alpha value is -3.85. The highest BCUT2D eigenvalue weighted by atomic mass is 35.5. The summed E-state index contributed by atoms with van der Waals surface area (Å²) in [6, 6.07) is 9.94. The third-order valence-corrected chi connectivity index (χ3v) is 6.98. The molecule has 1 saturated carbocycles. The van der Waals surface area contributed by atoms with Gasteiger partial charge in [-0.2, -0.15) is 10.1 Å². The minimum atomic E-state index is -0.382. The van der Waals surface area contributed by atoms with Gasteiger partial charge in [0.1, 0.15) is 0 Å². The second kappa shape index (κ2) is 9.66. The summed E-state index contributed by atoms with van der Waals surface area (Å²) in [5.41, 5.74) is 1.11. The number of methoxy groups -OCH3 is 2. The Balaban J connectivity index is 1.29. The van der Waals surface area contributed by atoms with Crippen molar-refractivity contribution in [2.24, 2.45) is 28.8 Å². The molecule has 2 aromatic carbocycles. The van der Waals surface area contributed by atoms with E-state index in [1.807, 2.05) is 12.2 Å². The third kappa shape index (κ3) is 4.30. The fourth-order valence-corrected chi connectivity index (χ4v) is 5.24. The summed E-state index contributed by atoms with van der Waals surface area (Å²) in [6.07, 6.45) is 6.34. The van der Waals surface area contributed by atoms with E-state index in [1.54, 1.807) is 36.4 Å². The molecule has 186 valence electrons. The molecular formula is C26H24ClN3O6. The minimum absolute atomic E-state index is 0.116. The molecule has 2 bridgehead atoms. The zero-order chi connectivity index (χ0) is 25.4. The van der Waals surface area contributed by atoms with Crippen LogP contribution in [-0.4, -0.2) is 49.8 Å². The number of hydrogen-bond donors (Lipinski definition) is 1. The molecule has 0 radical (unpaired) electrons. The van der Waals surface area contributed by atoms with Crippen LogP contribution in [-0.2, 0) is 14.4 Å². The number of nitrogens with zero attached hydrogens (tertiary/aromatic N) is 2. The van der Waals surface area contributed by atoms with Gasteiger partial charge in [0.05, 0.1) is 32.3 Å². The van der Waals surface area contributed by atoms with Gasteiger partial charge in [0.15, 0.2) is 18.1 Å². The molecule has 9 nitrogen and oxygen atoms in total. The largest absolute Gasteiger partial charge is 0.493 e. The van der Waals surface area contributed by atoms with E-state index >= 15 is 0 Å². The van der Waals surface area contributed by atoms with E-state index in [4.69, 9.17) is 25.8 Å². The number of nitrogens with one attached hydrogen (secondary N) is 1. The van der Waals surface area contributed by atoms with Crippen LogP contribution in [0.1, 0.15) is 12.0 Å².